The zero-order valence-corrected chi connectivity index (χ0v) is 11.2. The molecule has 0 fully saturated rings. The lowest BCUT2D eigenvalue weighted by Crippen LogP contribution is -2.29. The maximum Gasteiger partial charge on any atom is 0.243 e. The monoisotopic (exact) mass is 271 g/mol. The van der Waals surface area contributed by atoms with Crippen molar-refractivity contribution in [2.45, 2.75) is 0 Å². The third-order valence-electron chi connectivity index (χ3n) is 2.85. The van der Waals surface area contributed by atoms with Crippen molar-refractivity contribution in [1.29, 1.82) is 0 Å². The lowest BCUT2D eigenvalue weighted by molar-refractivity contribution is -0.114. The smallest absolute Gasteiger partial charge is 0.243 e. The summed E-state index contributed by atoms with van der Waals surface area (Å²) in [5, 5.41) is 12.2. The summed E-state index contributed by atoms with van der Waals surface area (Å²) in [6.45, 7) is 0.188. The summed E-state index contributed by atoms with van der Waals surface area (Å²) >= 11 is 0. The first-order valence-corrected chi connectivity index (χ1v) is 6.20. The predicted octanol–water partition coefficient (Wildman–Crippen LogP) is 2.05. The molecule has 5 heteroatoms. The summed E-state index contributed by atoms with van der Waals surface area (Å²) in [6.07, 6.45) is 0. The van der Waals surface area contributed by atoms with E-state index >= 15 is 0 Å². The van der Waals surface area contributed by atoms with E-state index in [0.29, 0.717) is 11.4 Å². The molecular formula is C15H17N3O2. The number of benzene rings is 2. The molecule has 0 saturated carbocycles. The number of nitrogen functional groups attached to an aromatic ring is 1. The zero-order chi connectivity index (χ0) is 14.5. The molecule has 5 nitrogen and oxygen atoms in total. The van der Waals surface area contributed by atoms with Crippen LogP contribution < -0.4 is 16.0 Å². The fraction of sp³-hybridized carbons (Fsp3) is 0.133. The van der Waals surface area contributed by atoms with E-state index in [1.807, 2.05) is 6.07 Å². The summed E-state index contributed by atoms with van der Waals surface area (Å²) in [6, 6.07) is 13.7. The minimum atomic E-state index is -0.138. The molecule has 0 heterocycles. The third kappa shape index (κ3) is 3.65. The molecule has 0 aromatic heterocycles. The zero-order valence-electron chi connectivity index (χ0n) is 11.2. The van der Waals surface area contributed by atoms with Gasteiger partial charge in [0.05, 0.1) is 6.54 Å². The van der Waals surface area contributed by atoms with Crippen molar-refractivity contribution in [3.05, 3.63) is 48.5 Å². The van der Waals surface area contributed by atoms with Crippen molar-refractivity contribution in [1.82, 2.24) is 0 Å². The molecule has 0 atom stereocenters. The van der Waals surface area contributed by atoms with E-state index in [1.165, 1.54) is 0 Å². The Labute approximate surface area is 117 Å². The van der Waals surface area contributed by atoms with E-state index in [9.17, 15) is 9.90 Å². The quantitative estimate of drug-likeness (QED) is 0.744. The summed E-state index contributed by atoms with van der Waals surface area (Å²) in [4.78, 5) is 13.7. The van der Waals surface area contributed by atoms with Gasteiger partial charge in [0.1, 0.15) is 5.75 Å². The molecule has 1 amide bonds. The first-order chi connectivity index (χ1) is 9.54. The highest BCUT2D eigenvalue weighted by Gasteiger charge is 2.08. The number of nitrogens with two attached hydrogens (primary N) is 1. The van der Waals surface area contributed by atoms with Crippen molar-refractivity contribution in [3.8, 4) is 5.75 Å². The molecule has 0 bridgehead atoms. The second-order valence-electron chi connectivity index (χ2n) is 4.55. The molecule has 2 aromatic carbocycles. The van der Waals surface area contributed by atoms with Crippen LogP contribution in [-0.4, -0.2) is 24.6 Å². The minimum Gasteiger partial charge on any atom is -0.508 e. The van der Waals surface area contributed by atoms with E-state index in [-0.39, 0.29) is 18.2 Å². The molecule has 0 saturated heterocycles. The maximum atomic E-state index is 11.9. The van der Waals surface area contributed by atoms with Gasteiger partial charge in [-0.1, -0.05) is 6.07 Å². The van der Waals surface area contributed by atoms with Crippen molar-refractivity contribution < 1.29 is 9.90 Å². The van der Waals surface area contributed by atoms with Crippen molar-refractivity contribution in [2.75, 3.05) is 29.5 Å². The van der Waals surface area contributed by atoms with Crippen molar-refractivity contribution in [3.63, 3.8) is 0 Å². The lowest BCUT2D eigenvalue weighted by atomic mass is 10.2. The van der Waals surface area contributed by atoms with Gasteiger partial charge in [-0.3, -0.25) is 4.79 Å². The normalized spacial score (nSPS) is 10.1. The van der Waals surface area contributed by atoms with Crippen LogP contribution in [0, 0.1) is 0 Å². The average Bonchev–Trinajstić information content (AvgIpc) is 2.41. The summed E-state index contributed by atoms with van der Waals surface area (Å²) in [5.41, 5.74) is 7.71. The fourth-order valence-electron chi connectivity index (χ4n) is 1.80. The number of phenolic OH excluding ortho intramolecular Hbond substituents is 1. The van der Waals surface area contributed by atoms with Gasteiger partial charge in [-0.2, -0.15) is 0 Å². The van der Waals surface area contributed by atoms with Gasteiger partial charge in [0.25, 0.3) is 0 Å². The maximum absolute atomic E-state index is 11.9. The molecule has 4 N–H and O–H groups in total. The Morgan fingerprint density at radius 1 is 1.25 bits per heavy atom. The Balaban J connectivity index is 1.95. The first kappa shape index (κ1) is 13.7. The van der Waals surface area contributed by atoms with Crippen molar-refractivity contribution in [2.24, 2.45) is 0 Å². The predicted molar refractivity (Wildman–Crippen MR) is 80.9 cm³/mol. The lowest BCUT2D eigenvalue weighted by Gasteiger charge is -2.18. The summed E-state index contributed by atoms with van der Waals surface area (Å²) in [5.74, 6) is 0.0360. The van der Waals surface area contributed by atoms with E-state index in [4.69, 9.17) is 5.73 Å². The second-order valence-corrected chi connectivity index (χ2v) is 4.55. The molecular weight excluding hydrogens is 254 g/mol. The number of likely N-dealkylation sites (N-methyl/N-ethyl adjacent to an activating group) is 1. The van der Waals surface area contributed by atoms with Gasteiger partial charge in [-0.25, -0.2) is 0 Å². The number of phenols is 1. The highest BCUT2D eigenvalue weighted by molar-refractivity contribution is 5.94. The number of amides is 1. The Kier molecular flexibility index (Phi) is 4.10. The second kappa shape index (κ2) is 5.97. The molecule has 0 unspecified atom stereocenters. The van der Waals surface area contributed by atoms with E-state index in [2.05, 4.69) is 5.32 Å². The topological polar surface area (TPSA) is 78.6 Å². The Bertz CT molecular complexity index is 596. The summed E-state index contributed by atoms with van der Waals surface area (Å²) < 4.78 is 0. The number of hydrogen-bond donors (Lipinski definition) is 3. The van der Waals surface area contributed by atoms with Crippen LogP contribution in [0.2, 0.25) is 0 Å². The molecule has 0 radical (unpaired) electrons. The Hall–Kier alpha value is -2.69. The highest BCUT2D eigenvalue weighted by atomic mass is 16.3. The largest absolute Gasteiger partial charge is 0.508 e. The SMILES string of the molecule is CN(CC(=O)Nc1ccc(N)cc1)c1cccc(O)c1. The van der Waals surface area contributed by atoms with Crippen LogP contribution in [0.3, 0.4) is 0 Å². The number of rotatable bonds is 4. The Morgan fingerprint density at radius 2 is 1.95 bits per heavy atom. The van der Waals surface area contributed by atoms with Crippen LogP contribution in [0.4, 0.5) is 17.1 Å². The van der Waals surface area contributed by atoms with Crippen LogP contribution in [-0.2, 0) is 4.79 Å². The van der Waals surface area contributed by atoms with Gasteiger partial charge in [0.15, 0.2) is 0 Å². The van der Waals surface area contributed by atoms with E-state index in [1.54, 1.807) is 54.4 Å². The van der Waals surface area contributed by atoms with Gasteiger partial charge in [-0.05, 0) is 36.4 Å². The van der Waals surface area contributed by atoms with Gasteiger partial charge in [0.2, 0.25) is 5.91 Å². The molecule has 0 aliphatic rings. The molecule has 20 heavy (non-hydrogen) atoms. The molecule has 0 spiro atoms. The van der Waals surface area contributed by atoms with Crippen LogP contribution in [0.25, 0.3) is 0 Å². The van der Waals surface area contributed by atoms with Crippen molar-refractivity contribution >= 4 is 23.0 Å². The molecule has 0 aliphatic heterocycles. The van der Waals surface area contributed by atoms with Crippen LogP contribution in [0.1, 0.15) is 0 Å². The number of nitrogens with one attached hydrogen (secondary N) is 1. The van der Waals surface area contributed by atoms with Gasteiger partial charge < -0.3 is 21.1 Å². The number of aromatic hydroxyl groups is 1. The fourth-order valence-corrected chi connectivity index (χ4v) is 1.80. The standard InChI is InChI=1S/C15H17N3O2/c1-18(13-3-2-4-14(19)9-13)10-15(20)17-12-7-5-11(16)6-8-12/h2-9,19H,10,16H2,1H3,(H,17,20). The highest BCUT2D eigenvalue weighted by Crippen LogP contribution is 2.18. The molecule has 2 aromatic rings. The number of nitrogens with zero attached hydrogens (tertiary/aromatic N) is 1. The number of anilines is 3. The van der Waals surface area contributed by atoms with Gasteiger partial charge in [0, 0.05) is 30.2 Å². The van der Waals surface area contributed by atoms with E-state index in [0.717, 1.165) is 5.69 Å². The average molecular weight is 271 g/mol. The Morgan fingerprint density at radius 3 is 2.60 bits per heavy atom. The van der Waals surface area contributed by atoms with Crippen LogP contribution >= 0.6 is 0 Å². The van der Waals surface area contributed by atoms with Gasteiger partial charge >= 0.3 is 0 Å². The molecule has 104 valence electrons. The van der Waals surface area contributed by atoms with Gasteiger partial charge in [-0.15, -0.1) is 0 Å². The van der Waals surface area contributed by atoms with Crippen LogP contribution in [0.5, 0.6) is 5.75 Å². The number of hydrogen-bond acceptors (Lipinski definition) is 4. The number of carbonyl (C=O) groups is 1. The number of carbonyl (C=O) groups excluding carboxylic acids is 1. The van der Waals surface area contributed by atoms with E-state index < -0.39 is 0 Å². The third-order valence-corrected chi connectivity index (χ3v) is 2.85. The molecule has 0 aliphatic carbocycles. The minimum absolute atomic E-state index is 0.138. The molecule has 2 rings (SSSR count). The van der Waals surface area contributed by atoms with Crippen LogP contribution in [0.15, 0.2) is 48.5 Å². The summed E-state index contributed by atoms with van der Waals surface area (Å²) in [7, 11) is 1.79. The first-order valence-electron chi connectivity index (χ1n) is 6.20.